The molecule has 0 N–H and O–H groups in total. The quantitative estimate of drug-likeness (QED) is 0.564. The van der Waals surface area contributed by atoms with Gasteiger partial charge in [-0.3, -0.25) is 9.69 Å². The van der Waals surface area contributed by atoms with Gasteiger partial charge in [0.25, 0.3) is 0 Å². The van der Waals surface area contributed by atoms with E-state index in [-0.39, 0.29) is 12.1 Å². The highest BCUT2D eigenvalue weighted by atomic mass is 32.2. The highest BCUT2D eigenvalue weighted by Crippen LogP contribution is 2.34. The van der Waals surface area contributed by atoms with Gasteiger partial charge in [-0.2, -0.15) is 0 Å². The average Bonchev–Trinajstić information content (AvgIpc) is 2.69. The summed E-state index contributed by atoms with van der Waals surface area (Å²) in [7, 11) is 0. The molecule has 0 bridgehead atoms. The third-order valence-corrected chi connectivity index (χ3v) is 6.44. The molecule has 4 nitrogen and oxygen atoms in total. The van der Waals surface area contributed by atoms with Crippen molar-refractivity contribution in [3.05, 3.63) is 59.2 Å². The molecule has 0 amide bonds. The topological polar surface area (TPSA) is 38.8 Å². The lowest BCUT2D eigenvalue weighted by molar-refractivity contribution is -0.155. The Kier molecular flexibility index (Phi) is 7.61. The van der Waals surface area contributed by atoms with Crippen LogP contribution in [0, 0.1) is 13.8 Å². The van der Waals surface area contributed by atoms with E-state index in [0.29, 0.717) is 19.6 Å². The van der Waals surface area contributed by atoms with Gasteiger partial charge in [-0.1, -0.05) is 42.1 Å². The zero-order valence-corrected chi connectivity index (χ0v) is 19.6. The molecular formula is C25H33NO3S. The average molecular weight is 428 g/mol. The van der Waals surface area contributed by atoms with Crippen molar-refractivity contribution < 1.29 is 14.3 Å². The SMILES string of the molecule is Cc1cccc(C)c1Sc1ccc(C2CN(CCC(=O)OC(C)(C)C)CCO2)cc1. The predicted octanol–water partition coefficient (Wildman–Crippen LogP) is 5.56. The summed E-state index contributed by atoms with van der Waals surface area (Å²) >= 11 is 1.81. The van der Waals surface area contributed by atoms with Crippen molar-refractivity contribution in [3.63, 3.8) is 0 Å². The third kappa shape index (κ3) is 6.59. The normalized spacial score (nSPS) is 17.7. The first-order valence-electron chi connectivity index (χ1n) is 10.6. The fraction of sp³-hybridized carbons (Fsp3) is 0.480. The number of aryl methyl sites for hydroxylation is 2. The van der Waals surface area contributed by atoms with Crippen LogP contribution in [0.2, 0.25) is 0 Å². The molecule has 2 aromatic rings. The summed E-state index contributed by atoms with van der Waals surface area (Å²) in [5.74, 6) is -0.140. The van der Waals surface area contributed by atoms with Crippen molar-refractivity contribution in [2.24, 2.45) is 0 Å². The van der Waals surface area contributed by atoms with Gasteiger partial charge in [0.15, 0.2) is 0 Å². The summed E-state index contributed by atoms with van der Waals surface area (Å²) in [6.07, 6.45) is 0.451. The van der Waals surface area contributed by atoms with Crippen LogP contribution in [0.25, 0.3) is 0 Å². The Morgan fingerprint density at radius 2 is 1.80 bits per heavy atom. The molecule has 5 heteroatoms. The number of hydrogen-bond donors (Lipinski definition) is 0. The lowest BCUT2D eigenvalue weighted by Crippen LogP contribution is -2.39. The first kappa shape index (κ1) is 22.9. The van der Waals surface area contributed by atoms with E-state index in [2.05, 4.69) is 61.2 Å². The van der Waals surface area contributed by atoms with Gasteiger partial charge >= 0.3 is 5.97 Å². The number of hydrogen-bond acceptors (Lipinski definition) is 5. The molecule has 0 aromatic heterocycles. The minimum Gasteiger partial charge on any atom is -0.460 e. The molecule has 0 spiro atoms. The van der Waals surface area contributed by atoms with E-state index >= 15 is 0 Å². The first-order chi connectivity index (χ1) is 14.2. The lowest BCUT2D eigenvalue weighted by atomic mass is 10.1. The smallest absolute Gasteiger partial charge is 0.307 e. The minimum atomic E-state index is -0.429. The highest BCUT2D eigenvalue weighted by Gasteiger charge is 2.23. The molecule has 162 valence electrons. The summed E-state index contributed by atoms with van der Waals surface area (Å²) in [5.41, 5.74) is 3.37. The zero-order valence-electron chi connectivity index (χ0n) is 18.7. The maximum Gasteiger partial charge on any atom is 0.307 e. The van der Waals surface area contributed by atoms with Gasteiger partial charge < -0.3 is 9.47 Å². The molecule has 1 saturated heterocycles. The number of nitrogens with zero attached hydrogens (tertiary/aromatic N) is 1. The van der Waals surface area contributed by atoms with Crippen molar-refractivity contribution in [1.82, 2.24) is 4.90 Å². The van der Waals surface area contributed by atoms with Gasteiger partial charge in [0.05, 0.1) is 19.1 Å². The third-order valence-electron chi connectivity index (χ3n) is 5.08. The largest absolute Gasteiger partial charge is 0.460 e. The van der Waals surface area contributed by atoms with Crippen molar-refractivity contribution in [1.29, 1.82) is 0 Å². The Hall–Kier alpha value is -1.82. The number of carbonyl (C=O) groups excluding carboxylic acids is 1. The van der Waals surface area contributed by atoms with Crippen LogP contribution in [-0.4, -0.2) is 42.7 Å². The van der Waals surface area contributed by atoms with Gasteiger partial charge in [0.2, 0.25) is 0 Å². The van der Waals surface area contributed by atoms with Crippen LogP contribution < -0.4 is 0 Å². The number of morpholine rings is 1. The number of benzene rings is 2. The van der Waals surface area contributed by atoms with E-state index < -0.39 is 5.60 Å². The number of esters is 1. The second-order valence-electron chi connectivity index (χ2n) is 8.89. The summed E-state index contributed by atoms with van der Waals surface area (Å²) in [6.45, 7) is 13.0. The zero-order chi connectivity index (χ0) is 21.7. The molecule has 2 aromatic carbocycles. The molecule has 0 saturated carbocycles. The van der Waals surface area contributed by atoms with Gasteiger partial charge in [0, 0.05) is 29.4 Å². The molecule has 1 atom stereocenters. The first-order valence-corrected chi connectivity index (χ1v) is 11.4. The van der Waals surface area contributed by atoms with E-state index in [1.54, 1.807) is 0 Å². The standard InChI is InChI=1S/C25H33NO3S/c1-18-7-6-8-19(2)24(18)30-21-11-9-20(10-12-21)22-17-26(15-16-28-22)14-13-23(27)29-25(3,4)5/h6-12,22H,13-17H2,1-5H3. The molecule has 0 radical (unpaired) electrons. The van der Waals surface area contributed by atoms with Crippen molar-refractivity contribution in [2.45, 2.75) is 62.5 Å². The van der Waals surface area contributed by atoms with Gasteiger partial charge in [-0.25, -0.2) is 0 Å². The molecule has 30 heavy (non-hydrogen) atoms. The van der Waals surface area contributed by atoms with Crippen LogP contribution in [0.15, 0.2) is 52.3 Å². The molecule has 0 aliphatic carbocycles. The summed E-state index contributed by atoms with van der Waals surface area (Å²) in [5, 5.41) is 0. The van der Waals surface area contributed by atoms with Gasteiger partial charge in [0.1, 0.15) is 5.60 Å². The van der Waals surface area contributed by atoms with Crippen molar-refractivity contribution >= 4 is 17.7 Å². The Balaban J connectivity index is 1.56. The Morgan fingerprint density at radius 1 is 1.13 bits per heavy atom. The minimum absolute atomic E-state index is 0.0386. The van der Waals surface area contributed by atoms with Crippen molar-refractivity contribution in [3.8, 4) is 0 Å². The Morgan fingerprint density at radius 3 is 2.43 bits per heavy atom. The maximum absolute atomic E-state index is 12.0. The predicted molar refractivity (Wildman–Crippen MR) is 122 cm³/mol. The molecule has 1 unspecified atom stereocenters. The molecule has 1 aliphatic heterocycles. The van der Waals surface area contributed by atoms with E-state index in [4.69, 9.17) is 9.47 Å². The monoisotopic (exact) mass is 427 g/mol. The summed E-state index contributed by atoms with van der Waals surface area (Å²) in [4.78, 5) is 16.9. The van der Waals surface area contributed by atoms with Crippen LogP contribution >= 0.6 is 11.8 Å². The molecular weight excluding hydrogens is 394 g/mol. The van der Waals surface area contributed by atoms with Crippen LogP contribution in [-0.2, 0) is 14.3 Å². The molecule has 1 fully saturated rings. The van der Waals surface area contributed by atoms with Gasteiger partial charge in [-0.15, -0.1) is 0 Å². The molecule has 1 heterocycles. The highest BCUT2D eigenvalue weighted by molar-refractivity contribution is 7.99. The van der Waals surface area contributed by atoms with E-state index in [1.807, 2.05) is 32.5 Å². The summed E-state index contributed by atoms with van der Waals surface area (Å²) in [6, 6.07) is 15.1. The summed E-state index contributed by atoms with van der Waals surface area (Å²) < 4.78 is 11.4. The second kappa shape index (κ2) is 9.99. The van der Waals surface area contributed by atoms with Crippen LogP contribution in [0.3, 0.4) is 0 Å². The molecule has 1 aliphatic rings. The van der Waals surface area contributed by atoms with Crippen molar-refractivity contribution in [2.75, 3.05) is 26.2 Å². The number of carbonyl (C=O) groups is 1. The van der Waals surface area contributed by atoms with E-state index in [1.165, 1.54) is 26.5 Å². The number of ether oxygens (including phenoxy) is 2. The number of rotatable bonds is 6. The van der Waals surface area contributed by atoms with E-state index in [9.17, 15) is 4.79 Å². The van der Waals surface area contributed by atoms with Gasteiger partial charge in [-0.05, 0) is 63.4 Å². The van der Waals surface area contributed by atoms with Crippen LogP contribution in [0.5, 0.6) is 0 Å². The van der Waals surface area contributed by atoms with Crippen LogP contribution in [0.4, 0.5) is 0 Å². The maximum atomic E-state index is 12.0. The fourth-order valence-electron chi connectivity index (χ4n) is 3.58. The fourth-order valence-corrected chi connectivity index (χ4v) is 4.54. The Labute approximate surface area is 184 Å². The molecule has 3 rings (SSSR count). The van der Waals surface area contributed by atoms with Crippen LogP contribution in [0.1, 0.15) is 50.0 Å². The second-order valence-corrected chi connectivity index (χ2v) is 9.97. The lowest BCUT2D eigenvalue weighted by Gasteiger charge is -2.33. The Bertz CT molecular complexity index is 837. The van der Waals surface area contributed by atoms with E-state index in [0.717, 1.165) is 13.1 Å².